The number of hydrogen-bond acceptors (Lipinski definition) is 8. The fraction of sp³-hybridized carbons (Fsp3) is 0.593. The molecule has 1 saturated carbocycles. The predicted octanol–water partition coefficient (Wildman–Crippen LogP) is 6.50. The van der Waals surface area contributed by atoms with Crippen molar-refractivity contribution in [2.45, 2.75) is 108 Å². The molecule has 0 spiro atoms. The molecule has 11 heteroatoms. The third-order valence-corrected chi connectivity index (χ3v) is 9.49. The molecule has 1 aliphatic carbocycles. The number of alkyl carbamates (subject to hydrolysis) is 1. The number of rotatable bonds is 7. The molecule has 0 aliphatic heterocycles. The molecule has 38 heavy (non-hydrogen) atoms. The molecule has 0 atom stereocenters. The van der Waals surface area contributed by atoms with E-state index >= 15 is 0 Å². The van der Waals surface area contributed by atoms with E-state index in [-0.39, 0.29) is 23.1 Å². The molecule has 1 aromatic heterocycles. The molecule has 1 heterocycles. The number of benzene rings is 1. The van der Waals surface area contributed by atoms with Crippen molar-refractivity contribution < 1.29 is 27.5 Å². The smallest absolute Gasteiger partial charge is 0.412 e. The van der Waals surface area contributed by atoms with Crippen LogP contribution in [-0.4, -0.2) is 48.6 Å². The second kappa shape index (κ2) is 12.0. The average molecular weight is 566 g/mol. The summed E-state index contributed by atoms with van der Waals surface area (Å²) in [6, 6.07) is 4.90. The van der Waals surface area contributed by atoms with Crippen molar-refractivity contribution in [3.63, 3.8) is 0 Å². The number of hydrogen-bond donors (Lipinski definition) is 2. The van der Waals surface area contributed by atoms with Gasteiger partial charge in [0.1, 0.15) is 10.6 Å². The van der Waals surface area contributed by atoms with Crippen LogP contribution in [0, 0.1) is 0 Å². The average Bonchev–Trinajstić information content (AvgIpc) is 3.27. The molecule has 9 nitrogen and oxygen atoms in total. The Morgan fingerprint density at radius 3 is 2.29 bits per heavy atom. The summed E-state index contributed by atoms with van der Waals surface area (Å²) in [7, 11) is -3.67. The van der Waals surface area contributed by atoms with E-state index in [9.17, 15) is 18.0 Å². The van der Waals surface area contributed by atoms with Crippen molar-refractivity contribution in [3.05, 3.63) is 29.3 Å². The van der Waals surface area contributed by atoms with Crippen molar-refractivity contribution in [2.75, 3.05) is 5.32 Å². The van der Waals surface area contributed by atoms with Crippen LogP contribution < -0.4 is 10.6 Å². The highest BCUT2D eigenvalue weighted by Gasteiger charge is 2.28. The number of anilines is 1. The SMILES string of the molecule is CC(C)OC(=O)NC1CCC(c2cnc(-c3ccc(NC(=O)OC(C)(C)C)cc3S(=O)(=O)C(C)C)s2)CC1. The first-order valence-corrected chi connectivity index (χ1v) is 15.3. The summed E-state index contributed by atoms with van der Waals surface area (Å²) in [6.45, 7) is 12.2. The second-order valence-electron chi connectivity index (χ2n) is 11.1. The lowest BCUT2D eigenvalue weighted by Crippen LogP contribution is -2.38. The standard InChI is InChI=1S/C27H39N3O6S2/c1-16(2)35-25(31)29-19-10-8-18(9-11-19)22-15-28-24(37-22)21-13-12-20(30-26(32)36-27(5,6)7)14-23(21)38(33,34)17(3)4/h12-19H,8-11H2,1-7H3,(H,29,31)(H,30,32). The first kappa shape index (κ1) is 29.9. The van der Waals surface area contributed by atoms with Crippen LogP contribution in [0.1, 0.15) is 84.9 Å². The number of thiazole rings is 1. The minimum atomic E-state index is -3.67. The summed E-state index contributed by atoms with van der Waals surface area (Å²) in [5, 5.41) is 5.54. The Labute approximate surface area is 229 Å². The van der Waals surface area contributed by atoms with Crippen LogP contribution in [0.5, 0.6) is 0 Å². The van der Waals surface area contributed by atoms with E-state index in [1.807, 2.05) is 20.0 Å². The maximum absolute atomic E-state index is 13.3. The van der Waals surface area contributed by atoms with Gasteiger partial charge in [0.15, 0.2) is 9.84 Å². The zero-order valence-electron chi connectivity index (χ0n) is 23.2. The Morgan fingerprint density at radius 1 is 1.05 bits per heavy atom. The van der Waals surface area contributed by atoms with Gasteiger partial charge in [0.05, 0.1) is 16.2 Å². The lowest BCUT2D eigenvalue weighted by molar-refractivity contribution is 0.0635. The molecule has 210 valence electrons. The Balaban J connectivity index is 1.79. The highest BCUT2D eigenvalue weighted by molar-refractivity contribution is 7.92. The van der Waals surface area contributed by atoms with Gasteiger partial charge in [0.2, 0.25) is 0 Å². The Hall–Kier alpha value is -2.66. The number of carbonyl (C=O) groups is 2. The molecule has 0 unspecified atom stereocenters. The van der Waals surface area contributed by atoms with Crippen molar-refractivity contribution in [1.82, 2.24) is 10.3 Å². The molecule has 1 aromatic carbocycles. The molecular formula is C27H39N3O6S2. The van der Waals surface area contributed by atoms with Gasteiger partial charge in [-0.25, -0.2) is 23.0 Å². The fourth-order valence-electron chi connectivity index (χ4n) is 4.22. The first-order chi connectivity index (χ1) is 17.7. The molecule has 0 bridgehead atoms. The van der Waals surface area contributed by atoms with Gasteiger partial charge in [-0.2, -0.15) is 0 Å². The van der Waals surface area contributed by atoms with E-state index in [1.165, 1.54) is 17.4 Å². The first-order valence-electron chi connectivity index (χ1n) is 13.0. The minimum absolute atomic E-state index is 0.0812. The molecule has 2 N–H and O–H groups in total. The second-order valence-corrected chi connectivity index (χ2v) is 14.7. The summed E-state index contributed by atoms with van der Waals surface area (Å²) in [6.07, 6.45) is 4.09. The highest BCUT2D eigenvalue weighted by Crippen LogP contribution is 2.40. The van der Waals surface area contributed by atoms with Crippen molar-refractivity contribution in [3.8, 4) is 10.6 Å². The van der Waals surface area contributed by atoms with E-state index in [4.69, 9.17) is 9.47 Å². The van der Waals surface area contributed by atoms with Gasteiger partial charge in [0.25, 0.3) is 0 Å². The number of amides is 2. The normalized spacial score (nSPS) is 18.3. The third-order valence-electron chi connectivity index (χ3n) is 6.10. The summed E-state index contributed by atoms with van der Waals surface area (Å²) in [4.78, 5) is 30.0. The van der Waals surface area contributed by atoms with Gasteiger partial charge in [0, 0.05) is 28.4 Å². The number of nitrogens with one attached hydrogen (secondary N) is 2. The third kappa shape index (κ3) is 7.92. The number of nitrogens with zero attached hydrogens (tertiary/aromatic N) is 1. The van der Waals surface area contributed by atoms with Crippen LogP contribution in [0.4, 0.5) is 15.3 Å². The van der Waals surface area contributed by atoms with E-state index in [0.29, 0.717) is 22.2 Å². The molecule has 1 fully saturated rings. The van der Waals surface area contributed by atoms with Gasteiger partial charge in [-0.3, -0.25) is 5.32 Å². The van der Waals surface area contributed by atoms with Gasteiger partial charge in [-0.1, -0.05) is 0 Å². The quantitative estimate of drug-likeness (QED) is 0.393. The number of aromatic nitrogens is 1. The zero-order valence-corrected chi connectivity index (χ0v) is 24.8. The van der Waals surface area contributed by atoms with Gasteiger partial charge in [-0.15, -0.1) is 11.3 Å². The molecular weight excluding hydrogens is 526 g/mol. The molecule has 0 radical (unpaired) electrons. The minimum Gasteiger partial charge on any atom is -0.447 e. The predicted molar refractivity (Wildman–Crippen MR) is 149 cm³/mol. The van der Waals surface area contributed by atoms with Gasteiger partial charge in [-0.05, 0) is 98.3 Å². The largest absolute Gasteiger partial charge is 0.447 e. The van der Waals surface area contributed by atoms with Crippen LogP contribution in [0.3, 0.4) is 0 Å². The van der Waals surface area contributed by atoms with E-state index in [2.05, 4.69) is 15.6 Å². The van der Waals surface area contributed by atoms with E-state index in [1.54, 1.807) is 46.8 Å². The summed E-state index contributed by atoms with van der Waals surface area (Å²) < 4.78 is 37.1. The topological polar surface area (TPSA) is 124 Å². The maximum atomic E-state index is 13.3. The summed E-state index contributed by atoms with van der Waals surface area (Å²) in [5.41, 5.74) is 0.165. The van der Waals surface area contributed by atoms with Crippen LogP contribution >= 0.6 is 11.3 Å². The molecule has 2 amide bonds. The number of carbonyl (C=O) groups excluding carboxylic acids is 2. The zero-order chi connectivity index (χ0) is 28.3. The summed E-state index contributed by atoms with van der Waals surface area (Å²) in [5.74, 6) is 0.290. The van der Waals surface area contributed by atoms with Crippen molar-refractivity contribution in [1.29, 1.82) is 0 Å². The Bertz CT molecular complexity index is 1240. The lowest BCUT2D eigenvalue weighted by Gasteiger charge is -2.28. The van der Waals surface area contributed by atoms with Gasteiger partial charge >= 0.3 is 12.2 Å². The Kier molecular flexibility index (Phi) is 9.46. The van der Waals surface area contributed by atoms with Crippen LogP contribution in [0.25, 0.3) is 10.6 Å². The lowest BCUT2D eigenvalue weighted by atomic mass is 9.85. The van der Waals surface area contributed by atoms with Crippen molar-refractivity contribution in [2.24, 2.45) is 0 Å². The number of sulfone groups is 1. The van der Waals surface area contributed by atoms with Gasteiger partial charge < -0.3 is 14.8 Å². The molecule has 1 aliphatic rings. The maximum Gasteiger partial charge on any atom is 0.412 e. The van der Waals surface area contributed by atoms with E-state index < -0.39 is 26.8 Å². The summed E-state index contributed by atoms with van der Waals surface area (Å²) >= 11 is 1.49. The van der Waals surface area contributed by atoms with Crippen molar-refractivity contribution >= 4 is 39.0 Å². The molecule has 2 aromatic rings. The molecule has 0 saturated heterocycles. The monoisotopic (exact) mass is 565 g/mol. The van der Waals surface area contributed by atoms with E-state index in [0.717, 1.165) is 30.6 Å². The molecule has 3 rings (SSSR count). The number of ether oxygens (including phenoxy) is 2. The fourth-order valence-corrected chi connectivity index (χ4v) is 6.68. The van der Waals surface area contributed by atoms with Crippen LogP contribution in [-0.2, 0) is 19.3 Å². The Morgan fingerprint density at radius 2 is 1.71 bits per heavy atom. The van der Waals surface area contributed by atoms with Crippen LogP contribution in [0.2, 0.25) is 0 Å². The van der Waals surface area contributed by atoms with Crippen LogP contribution in [0.15, 0.2) is 29.3 Å². The highest BCUT2D eigenvalue weighted by atomic mass is 32.2.